The lowest BCUT2D eigenvalue weighted by molar-refractivity contribution is -0.151. The fraction of sp³-hybridized carbons (Fsp3) is 0.360. The highest BCUT2D eigenvalue weighted by Gasteiger charge is 2.37. The molecule has 34 heavy (non-hydrogen) atoms. The molecule has 3 rings (SSSR count). The molecule has 2 aromatic rings. The van der Waals surface area contributed by atoms with Crippen LogP contribution in [0.5, 0.6) is 5.75 Å². The fourth-order valence-electron chi connectivity index (χ4n) is 3.42. The van der Waals surface area contributed by atoms with E-state index in [1.165, 1.54) is 12.0 Å². The van der Waals surface area contributed by atoms with Crippen LogP contribution >= 0.6 is 0 Å². The highest BCUT2D eigenvalue weighted by atomic mass is 16.5. The zero-order valence-corrected chi connectivity index (χ0v) is 19.4. The first-order valence-electron chi connectivity index (χ1n) is 11.0. The SMILES string of the molecule is COc1ccccc1N1C[C@H](C(=O)OCC(=O)Nc2ccc(C(=O)OCC(C)C)cc2)CC1=O. The smallest absolute Gasteiger partial charge is 0.338 e. The Bertz CT molecular complexity index is 1050. The molecule has 0 spiro atoms. The van der Waals surface area contributed by atoms with Gasteiger partial charge < -0.3 is 24.4 Å². The van der Waals surface area contributed by atoms with E-state index < -0.39 is 30.4 Å². The summed E-state index contributed by atoms with van der Waals surface area (Å²) in [5, 5.41) is 2.60. The lowest BCUT2D eigenvalue weighted by Crippen LogP contribution is -2.28. The molecule has 0 saturated carbocycles. The van der Waals surface area contributed by atoms with Crippen molar-refractivity contribution >= 4 is 35.1 Å². The number of anilines is 2. The maximum absolute atomic E-state index is 12.4. The van der Waals surface area contributed by atoms with Crippen LogP contribution in [0, 0.1) is 11.8 Å². The van der Waals surface area contributed by atoms with Crippen LogP contribution in [-0.4, -0.2) is 50.6 Å². The van der Waals surface area contributed by atoms with Crippen LogP contribution in [-0.2, 0) is 23.9 Å². The molecular formula is C25H28N2O7. The molecule has 1 fully saturated rings. The lowest BCUT2D eigenvalue weighted by Gasteiger charge is -2.19. The number of benzene rings is 2. The van der Waals surface area contributed by atoms with E-state index in [-0.39, 0.29) is 24.8 Å². The molecule has 0 radical (unpaired) electrons. The number of ether oxygens (including phenoxy) is 3. The van der Waals surface area contributed by atoms with Gasteiger partial charge in [0.2, 0.25) is 5.91 Å². The van der Waals surface area contributed by atoms with Crippen molar-refractivity contribution in [1.82, 2.24) is 0 Å². The first kappa shape index (κ1) is 24.8. The van der Waals surface area contributed by atoms with Crippen LogP contribution in [0.15, 0.2) is 48.5 Å². The summed E-state index contributed by atoms with van der Waals surface area (Å²) in [7, 11) is 1.51. The van der Waals surface area contributed by atoms with Gasteiger partial charge >= 0.3 is 11.9 Å². The summed E-state index contributed by atoms with van der Waals surface area (Å²) >= 11 is 0. The number of carbonyl (C=O) groups excluding carboxylic acids is 4. The third-order valence-corrected chi connectivity index (χ3v) is 5.13. The molecule has 2 amide bonds. The number of nitrogens with one attached hydrogen (secondary N) is 1. The van der Waals surface area contributed by atoms with Crippen molar-refractivity contribution in [2.75, 3.05) is 37.1 Å². The molecule has 1 N–H and O–H groups in total. The summed E-state index contributed by atoms with van der Waals surface area (Å²) in [4.78, 5) is 50.5. The van der Waals surface area contributed by atoms with Gasteiger partial charge in [-0.3, -0.25) is 14.4 Å². The second-order valence-electron chi connectivity index (χ2n) is 8.30. The van der Waals surface area contributed by atoms with Gasteiger partial charge in [0.1, 0.15) is 5.75 Å². The van der Waals surface area contributed by atoms with Crippen molar-refractivity contribution in [3.05, 3.63) is 54.1 Å². The van der Waals surface area contributed by atoms with Crippen molar-refractivity contribution in [3.8, 4) is 5.75 Å². The van der Waals surface area contributed by atoms with Crippen LogP contribution < -0.4 is 15.0 Å². The van der Waals surface area contributed by atoms with E-state index >= 15 is 0 Å². The van der Waals surface area contributed by atoms with Crippen LogP contribution in [0.3, 0.4) is 0 Å². The van der Waals surface area contributed by atoms with Crippen molar-refractivity contribution < 1.29 is 33.4 Å². The summed E-state index contributed by atoms with van der Waals surface area (Å²) in [5.74, 6) is -1.73. The van der Waals surface area contributed by atoms with E-state index in [9.17, 15) is 19.2 Å². The molecule has 9 heteroatoms. The Morgan fingerprint density at radius 2 is 1.76 bits per heavy atom. The van der Waals surface area contributed by atoms with Crippen molar-refractivity contribution in [3.63, 3.8) is 0 Å². The molecule has 1 aliphatic heterocycles. The minimum atomic E-state index is -0.679. The van der Waals surface area contributed by atoms with E-state index in [2.05, 4.69) is 5.32 Å². The number of para-hydroxylation sites is 2. The number of nitrogens with zero attached hydrogens (tertiary/aromatic N) is 1. The number of rotatable bonds is 9. The van der Waals surface area contributed by atoms with Gasteiger partial charge in [-0.15, -0.1) is 0 Å². The van der Waals surface area contributed by atoms with Crippen LogP contribution in [0.25, 0.3) is 0 Å². The first-order valence-corrected chi connectivity index (χ1v) is 11.0. The summed E-state index contributed by atoms with van der Waals surface area (Å²) in [5.41, 5.74) is 1.40. The number of hydrogen-bond acceptors (Lipinski definition) is 7. The van der Waals surface area contributed by atoms with E-state index in [0.717, 1.165) is 0 Å². The maximum Gasteiger partial charge on any atom is 0.338 e. The molecule has 0 bridgehead atoms. The van der Waals surface area contributed by atoms with E-state index in [0.29, 0.717) is 29.3 Å². The standard InChI is InChI=1S/C25H28N2O7/c1-16(2)14-33-24(30)17-8-10-19(11-9-17)26-22(28)15-34-25(31)18-12-23(29)27(13-18)20-6-4-5-7-21(20)32-3/h4-11,16,18H,12-15H2,1-3H3,(H,26,28)/t18-/m1/s1. The Balaban J connectivity index is 1.48. The zero-order valence-electron chi connectivity index (χ0n) is 19.4. The van der Waals surface area contributed by atoms with Gasteiger partial charge in [0.15, 0.2) is 6.61 Å². The van der Waals surface area contributed by atoms with Crippen LogP contribution in [0.2, 0.25) is 0 Å². The fourth-order valence-corrected chi connectivity index (χ4v) is 3.42. The third kappa shape index (κ3) is 6.34. The minimum Gasteiger partial charge on any atom is -0.495 e. The molecule has 9 nitrogen and oxygen atoms in total. The largest absolute Gasteiger partial charge is 0.495 e. The molecular weight excluding hydrogens is 440 g/mol. The van der Waals surface area contributed by atoms with Gasteiger partial charge in [0.05, 0.1) is 30.9 Å². The summed E-state index contributed by atoms with van der Waals surface area (Å²) in [6, 6.07) is 13.3. The zero-order chi connectivity index (χ0) is 24.7. The predicted octanol–water partition coefficient (Wildman–Crippen LogP) is 3.04. The number of amides is 2. The van der Waals surface area contributed by atoms with Gasteiger partial charge in [-0.2, -0.15) is 0 Å². The van der Waals surface area contributed by atoms with Crippen molar-refractivity contribution in [2.45, 2.75) is 20.3 Å². The van der Waals surface area contributed by atoms with Crippen LogP contribution in [0.4, 0.5) is 11.4 Å². The lowest BCUT2D eigenvalue weighted by atomic mass is 10.1. The Labute approximate surface area is 198 Å². The molecule has 1 saturated heterocycles. The second-order valence-corrected chi connectivity index (χ2v) is 8.30. The second kappa shape index (κ2) is 11.3. The Kier molecular flexibility index (Phi) is 8.24. The number of hydrogen-bond donors (Lipinski definition) is 1. The van der Waals surface area contributed by atoms with Gasteiger partial charge in [-0.1, -0.05) is 26.0 Å². The van der Waals surface area contributed by atoms with E-state index in [1.807, 2.05) is 13.8 Å². The van der Waals surface area contributed by atoms with Crippen molar-refractivity contribution in [2.24, 2.45) is 11.8 Å². The van der Waals surface area contributed by atoms with Crippen molar-refractivity contribution in [1.29, 1.82) is 0 Å². The molecule has 0 aromatic heterocycles. The molecule has 180 valence electrons. The average Bonchev–Trinajstić information content (AvgIpc) is 3.22. The predicted molar refractivity (Wildman–Crippen MR) is 125 cm³/mol. The quantitative estimate of drug-likeness (QED) is 0.563. The highest BCUT2D eigenvalue weighted by molar-refractivity contribution is 6.01. The maximum atomic E-state index is 12.4. The van der Waals surface area contributed by atoms with Gasteiger partial charge in [0.25, 0.3) is 5.91 Å². The first-order chi connectivity index (χ1) is 16.3. The Morgan fingerprint density at radius 3 is 2.44 bits per heavy atom. The van der Waals surface area contributed by atoms with E-state index in [4.69, 9.17) is 14.2 Å². The summed E-state index contributed by atoms with van der Waals surface area (Å²) < 4.78 is 15.6. The average molecular weight is 469 g/mol. The molecule has 1 aliphatic rings. The molecule has 0 unspecified atom stereocenters. The molecule has 0 aliphatic carbocycles. The van der Waals surface area contributed by atoms with Crippen LogP contribution in [0.1, 0.15) is 30.6 Å². The van der Waals surface area contributed by atoms with E-state index in [1.54, 1.807) is 48.5 Å². The molecule has 2 aromatic carbocycles. The normalized spacial score (nSPS) is 15.2. The van der Waals surface area contributed by atoms with Gasteiger partial charge in [0, 0.05) is 18.7 Å². The number of carbonyl (C=O) groups is 4. The summed E-state index contributed by atoms with van der Waals surface area (Å²) in [6.45, 7) is 3.87. The molecule has 1 heterocycles. The highest BCUT2D eigenvalue weighted by Crippen LogP contribution is 2.33. The van der Waals surface area contributed by atoms with Gasteiger partial charge in [-0.05, 0) is 42.3 Å². The number of methoxy groups -OCH3 is 1. The minimum absolute atomic E-state index is 0.00707. The topological polar surface area (TPSA) is 111 Å². The monoisotopic (exact) mass is 468 g/mol. The third-order valence-electron chi connectivity index (χ3n) is 5.13. The Morgan fingerprint density at radius 1 is 1.06 bits per heavy atom. The summed E-state index contributed by atoms with van der Waals surface area (Å²) in [6.07, 6.45) is -0.00707. The molecule has 1 atom stereocenters. The number of esters is 2. The van der Waals surface area contributed by atoms with Gasteiger partial charge in [-0.25, -0.2) is 4.79 Å². The Hall–Kier alpha value is -3.88.